The predicted octanol–water partition coefficient (Wildman–Crippen LogP) is 15.0. The zero-order valence-electron chi connectivity index (χ0n) is 36.4. The van der Waals surface area contributed by atoms with Crippen molar-refractivity contribution in [2.75, 3.05) is 13.2 Å². The highest BCUT2D eigenvalue weighted by atomic mass is 16.6. The first-order valence-electron chi connectivity index (χ1n) is 23.5. The highest BCUT2D eigenvalue weighted by Gasteiger charge is 2.19. The molecule has 0 amide bonds. The largest absolute Gasteiger partial charge is 0.462 e. The van der Waals surface area contributed by atoms with Crippen LogP contribution in [0.15, 0.2) is 36.5 Å². The summed E-state index contributed by atoms with van der Waals surface area (Å²) in [5.41, 5.74) is 0. The van der Waals surface area contributed by atoms with Crippen LogP contribution >= 0.6 is 0 Å². The molecule has 0 aromatic heterocycles. The summed E-state index contributed by atoms with van der Waals surface area (Å²) in [6.45, 7) is 6.54. The van der Waals surface area contributed by atoms with Gasteiger partial charge in [-0.2, -0.15) is 0 Å². The Bertz CT molecular complexity index is 938. The Kier molecular flexibility index (Phi) is 42.4. The summed E-state index contributed by atoms with van der Waals surface area (Å²) >= 11 is 0. The SMILES string of the molecule is CCCC/C=C/CCCCCCCC(=O)OC[C@H](COC(=O)CCCCCCC/C=C/CCCCCC)OC(=O)CCCCCCC/C=C/CCCCCC. The molecular formula is C49H88O6. The van der Waals surface area contributed by atoms with E-state index in [-0.39, 0.29) is 31.1 Å². The van der Waals surface area contributed by atoms with Crippen LogP contribution in [0.4, 0.5) is 0 Å². The van der Waals surface area contributed by atoms with Gasteiger partial charge in [0.05, 0.1) is 0 Å². The molecule has 0 radical (unpaired) electrons. The smallest absolute Gasteiger partial charge is 0.306 e. The molecule has 0 N–H and O–H groups in total. The van der Waals surface area contributed by atoms with Gasteiger partial charge >= 0.3 is 17.9 Å². The third kappa shape index (κ3) is 42.6. The van der Waals surface area contributed by atoms with Crippen molar-refractivity contribution in [3.05, 3.63) is 36.5 Å². The normalized spacial score (nSPS) is 12.3. The molecule has 0 bridgehead atoms. The molecule has 6 heteroatoms. The standard InChI is InChI=1S/C49H88O6/c1-4-7-10-13-16-19-22-24-27-30-33-36-39-42-48(51)54-45-46(44-53-47(50)41-38-35-32-29-26-21-18-15-12-9-6-3)55-49(52)43-40-37-34-31-28-25-23-20-17-14-11-8-5-2/h15,18-20,22-23,46H,4-14,16-17,21,24-45H2,1-3H3/b18-15+,22-19+,23-20+/t46-/m1/s1. The van der Waals surface area contributed by atoms with E-state index in [1.807, 2.05) is 0 Å². The van der Waals surface area contributed by atoms with Crippen LogP contribution in [0, 0.1) is 0 Å². The van der Waals surface area contributed by atoms with E-state index in [0.29, 0.717) is 19.3 Å². The number of allylic oxidation sites excluding steroid dienone is 6. The van der Waals surface area contributed by atoms with E-state index in [4.69, 9.17) is 14.2 Å². The molecule has 0 spiro atoms. The van der Waals surface area contributed by atoms with E-state index in [2.05, 4.69) is 57.2 Å². The topological polar surface area (TPSA) is 78.9 Å². The predicted molar refractivity (Wildman–Crippen MR) is 233 cm³/mol. The fourth-order valence-corrected chi connectivity index (χ4v) is 6.47. The fraction of sp³-hybridized carbons (Fsp3) is 0.816. The second-order valence-corrected chi connectivity index (χ2v) is 15.7. The number of rotatable bonds is 42. The minimum absolute atomic E-state index is 0.0817. The molecular weight excluding hydrogens is 685 g/mol. The lowest BCUT2D eigenvalue weighted by molar-refractivity contribution is -0.167. The Labute approximate surface area is 340 Å². The second kappa shape index (κ2) is 44.3. The van der Waals surface area contributed by atoms with Crippen molar-refractivity contribution in [2.24, 2.45) is 0 Å². The molecule has 320 valence electrons. The first-order chi connectivity index (χ1) is 27.0. The summed E-state index contributed by atoms with van der Waals surface area (Å²) in [4.78, 5) is 37.7. The van der Waals surface area contributed by atoms with E-state index < -0.39 is 6.10 Å². The van der Waals surface area contributed by atoms with Gasteiger partial charge in [-0.3, -0.25) is 14.4 Å². The Balaban J connectivity index is 4.40. The van der Waals surface area contributed by atoms with Crippen LogP contribution in [0.3, 0.4) is 0 Å². The van der Waals surface area contributed by atoms with Crippen molar-refractivity contribution < 1.29 is 28.6 Å². The summed E-state index contributed by atoms with van der Waals surface area (Å²) < 4.78 is 16.7. The van der Waals surface area contributed by atoms with Crippen molar-refractivity contribution in [1.82, 2.24) is 0 Å². The number of unbranched alkanes of at least 4 members (excludes halogenated alkanes) is 25. The Morgan fingerprint density at radius 2 is 0.618 bits per heavy atom. The molecule has 1 atom stereocenters. The number of ether oxygens (including phenoxy) is 3. The maximum atomic E-state index is 12.7. The van der Waals surface area contributed by atoms with Gasteiger partial charge in [0.25, 0.3) is 0 Å². The van der Waals surface area contributed by atoms with Gasteiger partial charge in [0.2, 0.25) is 0 Å². The van der Waals surface area contributed by atoms with Crippen molar-refractivity contribution in [3.8, 4) is 0 Å². The van der Waals surface area contributed by atoms with E-state index in [1.165, 1.54) is 116 Å². The van der Waals surface area contributed by atoms with Crippen LogP contribution in [-0.2, 0) is 28.6 Å². The average molecular weight is 773 g/mol. The van der Waals surface area contributed by atoms with Crippen molar-refractivity contribution in [3.63, 3.8) is 0 Å². The maximum Gasteiger partial charge on any atom is 0.306 e. The Morgan fingerprint density at radius 3 is 0.964 bits per heavy atom. The third-order valence-corrected chi connectivity index (χ3v) is 10.1. The van der Waals surface area contributed by atoms with E-state index in [9.17, 15) is 14.4 Å². The van der Waals surface area contributed by atoms with Crippen LogP contribution < -0.4 is 0 Å². The summed E-state index contributed by atoms with van der Waals surface area (Å²) in [7, 11) is 0. The highest BCUT2D eigenvalue weighted by molar-refractivity contribution is 5.71. The highest BCUT2D eigenvalue weighted by Crippen LogP contribution is 2.13. The molecule has 0 aliphatic carbocycles. The molecule has 0 unspecified atom stereocenters. The van der Waals surface area contributed by atoms with Gasteiger partial charge < -0.3 is 14.2 Å². The average Bonchev–Trinajstić information content (AvgIpc) is 3.18. The maximum absolute atomic E-state index is 12.7. The quantitative estimate of drug-likeness (QED) is 0.0266. The number of carbonyl (C=O) groups excluding carboxylic acids is 3. The van der Waals surface area contributed by atoms with Gasteiger partial charge in [-0.25, -0.2) is 0 Å². The van der Waals surface area contributed by atoms with Crippen molar-refractivity contribution in [1.29, 1.82) is 0 Å². The number of esters is 3. The van der Waals surface area contributed by atoms with Crippen LogP contribution in [0.5, 0.6) is 0 Å². The van der Waals surface area contributed by atoms with Gasteiger partial charge in [-0.15, -0.1) is 0 Å². The summed E-state index contributed by atoms with van der Waals surface area (Å²) in [6, 6.07) is 0. The number of hydrogen-bond acceptors (Lipinski definition) is 6. The molecule has 0 aliphatic heterocycles. The van der Waals surface area contributed by atoms with Crippen molar-refractivity contribution >= 4 is 17.9 Å². The van der Waals surface area contributed by atoms with Gasteiger partial charge in [0.15, 0.2) is 6.10 Å². The van der Waals surface area contributed by atoms with Crippen LogP contribution in [-0.4, -0.2) is 37.2 Å². The van der Waals surface area contributed by atoms with E-state index in [1.54, 1.807) is 0 Å². The monoisotopic (exact) mass is 773 g/mol. The molecule has 0 aromatic rings. The van der Waals surface area contributed by atoms with Gasteiger partial charge in [0.1, 0.15) is 13.2 Å². The molecule has 0 rings (SSSR count). The zero-order valence-corrected chi connectivity index (χ0v) is 36.4. The lowest BCUT2D eigenvalue weighted by atomic mass is 10.1. The Hall–Kier alpha value is -2.37. The summed E-state index contributed by atoms with van der Waals surface area (Å²) in [5, 5.41) is 0. The van der Waals surface area contributed by atoms with Crippen molar-refractivity contribution in [2.45, 2.75) is 245 Å². The minimum atomic E-state index is -0.778. The minimum Gasteiger partial charge on any atom is -0.462 e. The zero-order chi connectivity index (χ0) is 40.1. The molecule has 0 saturated carbocycles. The van der Waals surface area contributed by atoms with Gasteiger partial charge in [0, 0.05) is 19.3 Å². The van der Waals surface area contributed by atoms with Gasteiger partial charge in [-0.1, -0.05) is 166 Å². The van der Waals surface area contributed by atoms with Crippen LogP contribution in [0.1, 0.15) is 239 Å². The third-order valence-electron chi connectivity index (χ3n) is 10.1. The fourth-order valence-electron chi connectivity index (χ4n) is 6.47. The molecule has 0 heterocycles. The molecule has 55 heavy (non-hydrogen) atoms. The lowest BCUT2D eigenvalue weighted by Crippen LogP contribution is -2.30. The molecule has 0 aliphatic rings. The first-order valence-corrected chi connectivity index (χ1v) is 23.5. The summed E-state index contributed by atoms with van der Waals surface area (Å²) in [6.07, 6.45) is 49.8. The first kappa shape index (κ1) is 52.6. The summed E-state index contributed by atoms with van der Waals surface area (Å²) in [5.74, 6) is -0.907. The second-order valence-electron chi connectivity index (χ2n) is 15.7. The van der Waals surface area contributed by atoms with Crippen LogP contribution in [0.25, 0.3) is 0 Å². The number of hydrogen-bond donors (Lipinski definition) is 0. The molecule has 0 aromatic carbocycles. The van der Waals surface area contributed by atoms with E-state index in [0.717, 1.165) is 83.5 Å². The lowest BCUT2D eigenvalue weighted by Gasteiger charge is -2.18. The number of carbonyl (C=O) groups is 3. The van der Waals surface area contributed by atoms with Crippen LogP contribution in [0.2, 0.25) is 0 Å². The molecule has 0 fully saturated rings. The Morgan fingerprint density at radius 1 is 0.345 bits per heavy atom. The molecule has 0 saturated heterocycles. The van der Waals surface area contributed by atoms with E-state index >= 15 is 0 Å². The molecule has 6 nitrogen and oxygen atoms in total. The van der Waals surface area contributed by atoms with Gasteiger partial charge in [-0.05, 0) is 89.9 Å².